The topological polar surface area (TPSA) is 86.5 Å². The number of carbonyl (C=O) groups is 1. The van der Waals surface area contributed by atoms with E-state index in [0.717, 1.165) is 10.9 Å². The van der Waals surface area contributed by atoms with Gasteiger partial charge in [-0.3, -0.25) is 4.98 Å². The van der Waals surface area contributed by atoms with Gasteiger partial charge in [0, 0.05) is 18.1 Å². The molecule has 1 saturated heterocycles. The van der Waals surface area contributed by atoms with Crippen LogP contribution in [0, 0.1) is 11.3 Å². The molecular weight excluding hydrogens is 270 g/mol. The lowest BCUT2D eigenvalue weighted by Gasteiger charge is -2.33. The van der Waals surface area contributed by atoms with Crippen LogP contribution < -0.4 is 4.90 Å². The number of pyridine rings is 1. The number of hydrogen-bond donors (Lipinski definition) is 1. The molecule has 3 rings (SSSR count). The van der Waals surface area contributed by atoms with E-state index >= 15 is 0 Å². The molecule has 1 aliphatic heterocycles. The first kappa shape index (κ1) is 13.3. The van der Waals surface area contributed by atoms with Crippen molar-refractivity contribution in [1.29, 1.82) is 5.26 Å². The Labute approximate surface area is 121 Å². The largest absolute Gasteiger partial charge is 0.478 e. The number of fused-ring (bicyclic) bond motifs is 1. The number of para-hydroxylation sites is 1. The summed E-state index contributed by atoms with van der Waals surface area (Å²) in [5.41, 5.74) is 1.49. The second kappa shape index (κ2) is 5.38. The number of nitriles is 1. The lowest BCUT2D eigenvalue weighted by Crippen LogP contribution is -2.42. The van der Waals surface area contributed by atoms with Gasteiger partial charge in [-0.2, -0.15) is 5.26 Å². The first-order chi connectivity index (χ1) is 10.2. The van der Waals surface area contributed by atoms with Crippen molar-refractivity contribution in [3.8, 4) is 6.07 Å². The minimum atomic E-state index is -1.02. The van der Waals surface area contributed by atoms with Crippen LogP contribution >= 0.6 is 0 Å². The first-order valence-corrected chi connectivity index (χ1v) is 6.58. The molecular formula is C15H13N3O3. The van der Waals surface area contributed by atoms with Crippen LogP contribution in [0.5, 0.6) is 0 Å². The SMILES string of the molecule is N#CC1CN(c2c(C(=O)O)cnc3ccccc23)CCO1. The van der Waals surface area contributed by atoms with Crippen LogP contribution in [0.3, 0.4) is 0 Å². The van der Waals surface area contributed by atoms with Crippen LogP contribution in [-0.4, -0.2) is 41.9 Å². The van der Waals surface area contributed by atoms with Crippen molar-refractivity contribution < 1.29 is 14.6 Å². The highest BCUT2D eigenvalue weighted by molar-refractivity contribution is 6.04. The van der Waals surface area contributed by atoms with E-state index in [2.05, 4.69) is 11.1 Å². The standard InChI is InChI=1S/C15H13N3O3/c16-7-10-9-18(5-6-21-10)14-11-3-1-2-4-13(11)17-8-12(14)15(19)20/h1-4,8,10H,5-6,9H2,(H,19,20). The maximum Gasteiger partial charge on any atom is 0.339 e. The van der Waals surface area contributed by atoms with Gasteiger partial charge in [0.05, 0.1) is 30.4 Å². The van der Waals surface area contributed by atoms with E-state index in [4.69, 9.17) is 10.00 Å². The molecule has 1 N–H and O–H groups in total. The lowest BCUT2D eigenvalue weighted by atomic mass is 10.1. The van der Waals surface area contributed by atoms with E-state index in [0.29, 0.717) is 25.4 Å². The summed E-state index contributed by atoms with van der Waals surface area (Å²) in [6.45, 7) is 1.30. The molecule has 0 saturated carbocycles. The second-order valence-corrected chi connectivity index (χ2v) is 4.78. The maximum atomic E-state index is 11.5. The molecule has 106 valence electrons. The van der Waals surface area contributed by atoms with E-state index in [9.17, 15) is 9.90 Å². The summed E-state index contributed by atoms with van der Waals surface area (Å²) in [4.78, 5) is 17.6. The predicted molar refractivity (Wildman–Crippen MR) is 76.3 cm³/mol. The number of rotatable bonds is 2. The summed E-state index contributed by atoms with van der Waals surface area (Å²) in [6.07, 6.45) is 0.823. The molecule has 1 aliphatic rings. The maximum absolute atomic E-state index is 11.5. The Hall–Kier alpha value is -2.65. The fraction of sp³-hybridized carbons (Fsp3) is 0.267. The van der Waals surface area contributed by atoms with E-state index in [-0.39, 0.29) is 5.56 Å². The minimum Gasteiger partial charge on any atom is -0.478 e. The van der Waals surface area contributed by atoms with Gasteiger partial charge in [-0.25, -0.2) is 4.79 Å². The average molecular weight is 283 g/mol. The molecule has 2 aromatic rings. The Kier molecular flexibility index (Phi) is 3.42. The third-order valence-electron chi connectivity index (χ3n) is 3.50. The van der Waals surface area contributed by atoms with Crippen LogP contribution in [-0.2, 0) is 4.74 Å². The van der Waals surface area contributed by atoms with Gasteiger partial charge >= 0.3 is 5.97 Å². The lowest BCUT2D eigenvalue weighted by molar-refractivity contribution is 0.0688. The predicted octanol–water partition coefficient (Wildman–Crippen LogP) is 1.66. The molecule has 0 bridgehead atoms. The Morgan fingerprint density at radius 2 is 2.29 bits per heavy atom. The summed E-state index contributed by atoms with van der Waals surface area (Å²) in [5, 5.41) is 19.2. The fourth-order valence-corrected chi connectivity index (χ4v) is 2.55. The smallest absolute Gasteiger partial charge is 0.339 e. The van der Waals surface area contributed by atoms with Gasteiger partial charge in [0.2, 0.25) is 0 Å². The normalized spacial score (nSPS) is 18.4. The molecule has 1 atom stereocenters. The summed E-state index contributed by atoms with van der Waals surface area (Å²) in [6, 6.07) is 9.47. The summed E-state index contributed by atoms with van der Waals surface area (Å²) < 4.78 is 5.33. The minimum absolute atomic E-state index is 0.146. The zero-order valence-corrected chi connectivity index (χ0v) is 11.2. The summed E-state index contributed by atoms with van der Waals surface area (Å²) in [7, 11) is 0. The number of anilines is 1. The van der Waals surface area contributed by atoms with Crippen molar-refractivity contribution in [2.24, 2.45) is 0 Å². The van der Waals surface area contributed by atoms with Crippen molar-refractivity contribution in [3.05, 3.63) is 36.0 Å². The van der Waals surface area contributed by atoms with Crippen molar-refractivity contribution in [2.75, 3.05) is 24.6 Å². The molecule has 1 aromatic heterocycles. The number of benzene rings is 1. The molecule has 6 heteroatoms. The molecule has 2 heterocycles. The number of carboxylic acids is 1. The zero-order valence-electron chi connectivity index (χ0n) is 11.2. The molecule has 0 radical (unpaired) electrons. The van der Waals surface area contributed by atoms with Crippen LogP contribution in [0.4, 0.5) is 5.69 Å². The summed E-state index contributed by atoms with van der Waals surface area (Å²) in [5.74, 6) is -1.02. The van der Waals surface area contributed by atoms with Gasteiger partial charge in [-0.1, -0.05) is 18.2 Å². The number of aromatic carboxylic acids is 1. The van der Waals surface area contributed by atoms with Gasteiger partial charge in [0.1, 0.15) is 5.56 Å². The number of morpholine rings is 1. The van der Waals surface area contributed by atoms with Crippen molar-refractivity contribution in [1.82, 2.24) is 4.98 Å². The highest BCUT2D eigenvalue weighted by atomic mass is 16.5. The molecule has 0 spiro atoms. The first-order valence-electron chi connectivity index (χ1n) is 6.58. The van der Waals surface area contributed by atoms with Gasteiger partial charge in [-0.05, 0) is 6.07 Å². The molecule has 1 aromatic carbocycles. The van der Waals surface area contributed by atoms with E-state index in [1.54, 1.807) is 0 Å². The van der Waals surface area contributed by atoms with Crippen LogP contribution in [0.15, 0.2) is 30.5 Å². The summed E-state index contributed by atoms with van der Waals surface area (Å²) >= 11 is 0. The monoisotopic (exact) mass is 283 g/mol. The fourth-order valence-electron chi connectivity index (χ4n) is 2.55. The molecule has 0 amide bonds. The number of hydrogen-bond acceptors (Lipinski definition) is 5. The molecule has 21 heavy (non-hydrogen) atoms. The van der Waals surface area contributed by atoms with Crippen molar-refractivity contribution in [2.45, 2.75) is 6.10 Å². The van der Waals surface area contributed by atoms with Crippen molar-refractivity contribution >= 4 is 22.6 Å². The van der Waals surface area contributed by atoms with Gasteiger partial charge in [0.25, 0.3) is 0 Å². The second-order valence-electron chi connectivity index (χ2n) is 4.78. The number of nitrogens with zero attached hydrogens (tertiary/aromatic N) is 3. The van der Waals surface area contributed by atoms with Gasteiger partial charge in [-0.15, -0.1) is 0 Å². The average Bonchev–Trinajstić information content (AvgIpc) is 2.53. The van der Waals surface area contributed by atoms with Gasteiger partial charge < -0.3 is 14.7 Å². The third-order valence-corrected chi connectivity index (χ3v) is 3.50. The number of carboxylic acid groups (broad SMARTS) is 1. The van der Waals surface area contributed by atoms with E-state index in [1.807, 2.05) is 29.2 Å². The zero-order chi connectivity index (χ0) is 14.8. The number of ether oxygens (including phenoxy) is 1. The van der Waals surface area contributed by atoms with Crippen LogP contribution in [0.2, 0.25) is 0 Å². The quantitative estimate of drug-likeness (QED) is 0.902. The van der Waals surface area contributed by atoms with E-state index < -0.39 is 12.1 Å². The molecule has 0 aliphatic carbocycles. The third kappa shape index (κ3) is 2.39. The van der Waals surface area contributed by atoms with Crippen LogP contribution in [0.25, 0.3) is 10.9 Å². The Bertz CT molecular complexity index is 739. The molecule has 1 fully saturated rings. The molecule has 1 unspecified atom stereocenters. The Balaban J connectivity index is 2.16. The Morgan fingerprint density at radius 1 is 1.48 bits per heavy atom. The van der Waals surface area contributed by atoms with Crippen molar-refractivity contribution in [3.63, 3.8) is 0 Å². The van der Waals surface area contributed by atoms with Gasteiger partial charge in [0.15, 0.2) is 6.10 Å². The number of aromatic nitrogens is 1. The molecule has 6 nitrogen and oxygen atoms in total. The van der Waals surface area contributed by atoms with E-state index in [1.165, 1.54) is 6.20 Å². The highest BCUT2D eigenvalue weighted by Crippen LogP contribution is 2.30. The highest BCUT2D eigenvalue weighted by Gasteiger charge is 2.25. The Morgan fingerprint density at radius 3 is 3.05 bits per heavy atom. The van der Waals surface area contributed by atoms with Crippen LogP contribution in [0.1, 0.15) is 10.4 Å².